The topological polar surface area (TPSA) is 59.9 Å². The monoisotopic (exact) mass is 360 g/mol. The summed E-state index contributed by atoms with van der Waals surface area (Å²) >= 11 is 9.05. The van der Waals surface area contributed by atoms with Gasteiger partial charge in [-0.1, -0.05) is 15.9 Å². The second-order valence-electron chi connectivity index (χ2n) is 4.13. The van der Waals surface area contributed by atoms with E-state index in [0.717, 1.165) is 4.47 Å². The molecule has 106 valence electrons. The quantitative estimate of drug-likeness (QED) is 0.893. The molecule has 0 saturated heterocycles. The van der Waals surface area contributed by atoms with Gasteiger partial charge in [-0.2, -0.15) is 15.0 Å². The van der Waals surface area contributed by atoms with Gasteiger partial charge in [-0.15, -0.1) is 0 Å². The van der Waals surface area contributed by atoms with Crippen LogP contribution in [0.3, 0.4) is 0 Å². The molecule has 5 nitrogen and oxygen atoms in total. The summed E-state index contributed by atoms with van der Waals surface area (Å²) in [6, 6.07) is 4.56. The SMILES string of the molecule is CC(C)Oc1nc(Cl)nc(Nc2cc(Br)ccc2F)n1. The summed E-state index contributed by atoms with van der Waals surface area (Å²) in [4.78, 5) is 11.7. The highest BCUT2D eigenvalue weighted by atomic mass is 79.9. The molecular weight excluding hydrogens is 351 g/mol. The molecule has 1 heterocycles. The van der Waals surface area contributed by atoms with Crippen molar-refractivity contribution in [2.75, 3.05) is 5.32 Å². The van der Waals surface area contributed by atoms with Gasteiger partial charge in [0.05, 0.1) is 11.8 Å². The Labute approximate surface area is 128 Å². The number of nitrogens with one attached hydrogen (secondary N) is 1. The summed E-state index contributed by atoms with van der Waals surface area (Å²) in [5, 5.41) is 2.70. The van der Waals surface area contributed by atoms with E-state index in [0.29, 0.717) is 0 Å². The Kier molecular flexibility index (Phi) is 4.72. The fraction of sp³-hybridized carbons (Fsp3) is 0.250. The van der Waals surface area contributed by atoms with Crippen molar-refractivity contribution in [3.63, 3.8) is 0 Å². The van der Waals surface area contributed by atoms with Gasteiger partial charge in [0.25, 0.3) is 0 Å². The van der Waals surface area contributed by atoms with E-state index in [4.69, 9.17) is 16.3 Å². The minimum absolute atomic E-state index is 0.0337. The van der Waals surface area contributed by atoms with Crippen LogP contribution in [-0.2, 0) is 0 Å². The number of hydrogen-bond acceptors (Lipinski definition) is 5. The molecule has 0 aliphatic carbocycles. The van der Waals surface area contributed by atoms with Crippen molar-refractivity contribution in [3.05, 3.63) is 33.8 Å². The van der Waals surface area contributed by atoms with E-state index in [1.807, 2.05) is 13.8 Å². The van der Waals surface area contributed by atoms with Crippen LogP contribution in [0, 0.1) is 5.82 Å². The Morgan fingerprint density at radius 2 is 2.05 bits per heavy atom. The molecule has 1 aromatic heterocycles. The van der Waals surface area contributed by atoms with Crippen LogP contribution < -0.4 is 10.1 Å². The first kappa shape index (κ1) is 14.9. The standard InChI is InChI=1S/C12H11BrClFN4O/c1-6(2)20-12-18-10(14)17-11(19-12)16-9-5-7(13)3-4-8(9)15/h3-6H,1-2H3,(H,16,17,18,19). The number of hydrogen-bond donors (Lipinski definition) is 1. The first-order valence-electron chi connectivity index (χ1n) is 5.74. The molecule has 8 heteroatoms. The number of halogens is 3. The summed E-state index contributed by atoms with van der Waals surface area (Å²) in [5.74, 6) is -0.325. The molecule has 20 heavy (non-hydrogen) atoms. The molecule has 2 rings (SSSR count). The molecule has 0 unspecified atom stereocenters. The summed E-state index contributed by atoms with van der Waals surface area (Å²) < 4.78 is 19.7. The summed E-state index contributed by atoms with van der Waals surface area (Å²) in [6.45, 7) is 3.66. The number of rotatable bonds is 4. The zero-order valence-corrected chi connectivity index (χ0v) is 13.0. The minimum Gasteiger partial charge on any atom is -0.461 e. The highest BCUT2D eigenvalue weighted by Crippen LogP contribution is 2.23. The number of anilines is 2. The van der Waals surface area contributed by atoms with Gasteiger partial charge in [-0.05, 0) is 43.6 Å². The molecule has 0 saturated carbocycles. The first-order valence-corrected chi connectivity index (χ1v) is 6.91. The molecule has 0 aliphatic rings. The summed E-state index contributed by atoms with van der Waals surface area (Å²) in [5.41, 5.74) is 0.220. The van der Waals surface area contributed by atoms with Crippen LogP contribution in [-0.4, -0.2) is 21.1 Å². The molecule has 0 spiro atoms. The largest absolute Gasteiger partial charge is 0.461 e. The maximum absolute atomic E-state index is 13.6. The first-order chi connectivity index (χ1) is 9.44. The normalized spacial score (nSPS) is 10.7. The average molecular weight is 362 g/mol. The lowest BCUT2D eigenvalue weighted by Gasteiger charge is -2.10. The highest BCUT2D eigenvalue weighted by Gasteiger charge is 2.10. The van der Waals surface area contributed by atoms with E-state index < -0.39 is 5.82 Å². The van der Waals surface area contributed by atoms with Gasteiger partial charge in [0.15, 0.2) is 0 Å². The molecule has 0 amide bonds. The summed E-state index contributed by atoms with van der Waals surface area (Å²) in [7, 11) is 0. The fourth-order valence-electron chi connectivity index (χ4n) is 1.37. The van der Waals surface area contributed by atoms with Gasteiger partial charge in [0, 0.05) is 4.47 Å². The predicted molar refractivity (Wildman–Crippen MR) is 78.0 cm³/mol. The van der Waals surface area contributed by atoms with Crippen LogP contribution in [0.4, 0.5) is 16.0 Å². The third kappa shape index (κ3) is 4.01. The zero-order chi connectivity index (χ0) is 14.7. The third-order valence-electron chi connectivity index (χ3n) is 2.10. The van der Waals surface area contributed by atoms with Crippen LogP contribution in [0.5, 0.6) is 6.01 Å². The van der Waals surface area contributed by atoms with Gasteiger partial charge in [-0.3, -0.25) is 0 Å². The molecule has 0 atom stereocenters. The van der Waals surface area contributed by atoms with E-state index in [-0.39, 0.29) is 29.0 Å². The number of ether oxygens (including phenoxy) is 1. The van der Waals surface area contributed by atoms with Crippen molar-refractivity contribution in [1.82, 2.24) is 15.0 Å². The predicted octanol–water partition coefficient (Wildman–Crippen LogP) is 3.96. The van der Waals surface area contributed by atoms with Gasteiger partial charge in [0.1, 0.15) is 5.82 Å². The average Bonchev–Trinajstić information content (AvgIpc) is 2.32. The van der Waals surface area contributed by atoms with Crippen LogP contribution in [0.25, 0.3) is 0 Å². The van der Waals surface area contributed by atoms with Crippen molar-refractivity contribution in [3.8, 4) is 6.01 Å². The van der Waals surface area contributed by atoms with E-state index in [9.17, 15) is 4.39 Å². The number of aromatic nitrogens is 3. The van der Waals surface area contributed by atoms with E-state index in [2.05, 4.69) is 36.2 Å². The molecule has 1 aromatic carbocycles. The molecular formula is C12H11BrClFN4O. The lowest BCUT2D eigenvalue weighted by Crippen LogP contribution is -2.10. The number of benzene rings is 1. The van der Waals surface area contributed by atoms with Crippen molar-refractivity contribution in [2.24, 2.45) is 0 Å². The Morgan fingerprint density at radius 3 is 2.75 bits per heavy atom. The van der Waals surface area contributed by atoms with E-state index in [1.54, 1.807) is 12.1 Å². The summed E-state index contributed by atoms with van der Waals surface area (Å²) in [6.07, 6.45) is -0.107. The maximum Gasteiger partial charge on any atom is 0.322 e. The third-order valence-corrected chi connectivity index (χ3v) is 2.77. The second kappa shape index (κ2) is 6.32. The Morgan fingerprint density at radius 1 is 1.30 bits per heavy atom. The van der Waals surface area contributed by atoms with Crippen LogP contribution in [0.2, 0.25) is 5.28 Å². The number of nitrogens with zero attached hydrogens (tertiary/aromatic N) is 3. The minimum atomic E-state index is -0.434. The zero-order valence-electron chi connectivity index (χ0n) is 10.7. The van der Waals surface area contributed by atoms with E-state index in [1.165, 1.54) is 6.07 Å². The van der Waals surface area contributed by atoms with Crippen LogP contribution in [0.1, 0.15) is 13.8 Å². The Hall–Kier alpha value is -1.47. The van der Waals surface area contributed by atoms with Gasteiger partial charge in [-0.25, -0.2) is 4.39 Å². The lowest BCUT2D eigenvalue weighted by molar-refractivity contribution is 0.222. The van der Waals surface area contributed by atoms with Crippen LogP contribution >= 0.6 is 27.5 Å². The molecule has 2 aromatic rings. The van der Waals surface area contributed by atoms with Crippen LogP contribution in [0.15, 0.2) is 22.7 Å². The second-order valence-corrected chi connectivity index (χ2v) is 5.38. The molecule has 0 fully saturated rings. The molecule has 0 aliphatic heterocycles. The molecule has 0 bridgehead atoms. The van der Waals surface area contributed by atoms with Gasteiger partial charge >= 0.3 is 6.01 Å². The van der Waals surface area contributed by atoms with Crippen molar-refractivity contribution in [2.45, 2.75) is 20.0 Å². The van der Waals surface area contributed by atoms with Crippen molar-refractivity contribution >= 4 is 39.2 Å². The molecule has 0 radical (unpaired) electrons. The highest BCUT2D eigenvalue weighted by molar-refractivity contribution is 9.10. The van der Waals surface area contributed by atoms with Crippen molar-refractivity contribution < 1.29 is 9.13 Å². The van der Waals surface area contributed by atoms with Gasteiger partial charge in [0.2, 0.25) is 11.2 Å². The molecule has 1 N–H and O–H groups in total. The lowest BCUT2D eigenvalue weighted by atomic mass is 10.3. The van der Waals surface area contributed by atoms with Gasteiger partial charge < -0.3 is 10.1 Å². The fourth-order valence-corrected chi connectivity index (χ4v) is 1.88. The maximum atomic E-state index is 13.6. The Bertz CT molecular complexity index is 626. The smallest absolute Gasteiger partial charge is 0.322 e. The van der Waals surface area contributed by atoms with Crippen molar-refractivity contribution in [1.29, 1.82) is 0 Å². The Balaban J connectivity index is 2.28. The van der Waals surface area contributed by atoms with E-state index >= 15 is 0 Å².